The van der Waals surface area contributed by atoms with Gasteiger partial charge in [0.1, 0.15) is 11.4 Å². The van der Waals surface area contributed by atoms with E-state index in [0.29, 0.717) is 6.42 Å². The molecule has 0 aromatic heterocycles. The molecule has 0 fully saturated rings. The van der Waals surface area contributed by atoms with Crippen LogP contribution in [0.1, 0.15) is 113 Å². The van der Waals surface area contributed by atoms with Gasteiger partial charge in [-0.15, -0.1) is 0 Å². The van der Waals surface area contributed by atoms with Crippen LogP contribution in [-0.2, 0) is 15.0 Å². The van der Waals surface area contributed by atoms with Crippen LogP contribution in [0, 0.1) is 5.41 Å². The lowest BCUT2D eigenvalue weighted by molar-refractivity contribution is -0.135. The number of carbonyl (C=O) groups is 2. The quantitative estimate of drug-likeness (QED) is 0.513. The lowest BCUT2D eigenvalue weighted by Crippen LogP contribution is -2.39. The van der Waals surface area contributed by atoms with E-state index in [0.717, 1.165) is 12.0 Å². The second-order valence-corrected chi connectivity index (χ2v) is 9.06. The van der Waals surface area contributed by atoms with Crippen LogP contribution in [0.2, 0.25) is 0 Å². The minimum absolute atomic E-state index is 0.211. The molecule has 3 nitrogen and oxygen atoms in total. The highest BCUT2D eigenvalue weighted by Gasteiger charge is 2.35. The highest BCUT2D eigenvalue weighted by atomic mass is 16.3. The molecule has 2 unspecified atom stereocenters. The van der Waals surface area contributed by atoms with E-state index in [4.69, 9.17) is 0 Å². The van der Waals surface area contributed by atoms with Crippen LogP contribution in [0.3, 0.4) is 0 Å². The Morgan fingerprint density at radius 2 is 1.28 bits per heavy atom. The van der Waals surface area contributed by atoms with Gasteiger partial charge in [-0.1, -0.05) is 86.6 Å². The summed E-state index contributed by atoms with van der Waals surface area (Å²) in [5.74, 6) is 0.289. The number of rotatable bonds is 8. The fourth-order valence-electron chi connectivity index (χ4n) is 3.38. The Bertz CT molecular complexity index is 622. The monoisotopic (exact) mass is 406 g/mol. The van der Waals surface area contributed by atoms with Crippen LogP contribution in [-0.4, -0.2) is 22.3 Å². The van der Waals surface area contributed by atoms with E-state index in [1.165, 1.54) is 12.5 Å². The van der Waals surface area contributed by atoms with Gasteiger partial charge in [-0.05, 0) is 56.1 Å². The van der Waals surface area contributed by atoms with Gasteiger partial charge in [-0.2, -0.15) is 0 Å². The average Bonchev–Trinajstić information content (AvgIpc) is 2.63. The average molecular weight is 407 g/mol. The summed E-state index contributed by atoms with van der Waals surface area (Å²) in [6.45, 7) is 22.9. The van der Waals surface area contributed by atoms with Crippen LogP contribution >= 0.6 is 0 Å². The summed E-state index contributed by atoms with van der Waals surface area (Å²) in [5, 5.41) is 10.3. The lowest BCUT2D eigenvalue weighted by Gasteiger charge is -2.33. The molecule has 0 spiro atoms. The summed E-state index contributed by atoms with van der Waals surface area (Å²) >= 11 is 0. The molecule has 0 heterocycles. The maximum absolute atomic E-state index is 11.8. The van der Waals surface area contributed by atoms with Crippen molar-refractivity contribution in [1.82, 2.24) is 0 Å². The minimum Gasteiger partial charge on any atom is -0.382 e. The molecule has 0 saturated carbocycles. The van der Waals surface area contributed by atoms with Crippen LogP contribution in [0.5, 0.6) is 0 Å². The normalized spacial score (nSPS) is 14.4. The topological polar surface area (TPSA) is 54.4 Å². The predicted molar refractivity (Wildman–Crippen MR) is 126 cm³/mol. The van der Waals surface area contributed by atoms with Gasteiger partial charge in [0.2, 0.25) is 0 Å². The molecule has 0 bridgehead atoms. The maximum atomic E-state index is 11.8. The largest absolute Gasteiger partial charge is 0.382 e. The first-order chi connectivity index (χ1) is 13.2. The molecular weight excluding hydrogens is 360 g/mol. The van der Waals surface area contributed by atoms with Gasteiger partial charge in [0.15, 0.2) is 5.78 Å². The Labute approximate surface area is 180 Å². The molecule has 1 N–H and O–H groups in total. The van der Waals surface area contributed by atoms with E-state index in [1.807, 2.05) is 55.4 Å². The summed E-state index contributed by atoms with van der Waals surface area (Å²) in [4.78, 5) is 23.4. The van der Waals surface area contributed by atoms with Crippen molar-refractivity contribution < 1.29 is 14.7 Å². The third-order valence-electron chi connectivity index (χ3n) is 5.58. The molecule has 2 atom stereocenters. The van der Waals surface area contributed by atoms with Crippen molar-refractivity contribution in [3.63, 3.8) is 0 Å². The van der Waals surface area contributed by atoms with Crippen molar-refractivity contribution in [2.24, 2.45) is 5.41 Å². The SMILES string of the molecule is CC.CC.CC(=O)C(C)(C)CC(C)c1ccc(C(C)(C)CC(C)(O)C(C)=O)cc1. The summed E-state index contributed by atoms with van der Waals surface area (Å²) in [6, 6.07) is 8.34. The number of ketones is 2. The molecule has 0 aliphatic heterocycles. The smallest absolute Gasteiger partial charge is 0.161 e. The van der Waals surface area contributed by atoms with E-state index < -0.39 is 5.60 Å². The zero-order chi connectivity index (χ0) is 23.6. The molecule has 1 aromatic rings. The Balaban J connectivity index is 0. The van der Waals surface area contributed by atoms with Crippen LogP contribution < -0.4 is 0 Å². The molecule has 0 radical (unpaired) electrons. The van der Waals surface area contributed by atoms with E-state index in [9.17, 15) is 14.7 Å². The van der Waals surface area contributed by atoms with Crippen molar-refractivity contribution in [1.29, 1.82) is 0 Å². The van der Waals surface area contributed by atoms with Crippen LogP contribution in [0.15, 0.2) is 24.3 Å². The van der Waals surface area contributed by atoms with Gasteiger partial charge >= 0.3 is 0 Å². The fourth-order valence-corrected chi connectivity index (χ4v) is 3.38. The molecule has 1 aromatic carbocycles. The maximum Gasteiger partial charge on any atom is 0.161 e. The lowest BCUT2D eigenvalue weighted by atomic mass is 9.74. The van der Waals surface area contributed by atoms with Crippen molar-refractivity contribution in [3.05, 3.63) is 35.4 Å². The fraction of sp³-hybridized carbons (Fsp3) is 0.692. The molecule has 29 heavy (non-hydrogen) atoms. The molecule has 0 saturated heterocycles. The number of hydrogen-bond acceptors (Lipinski definition) is 3. The predicted octanol–water partition coefficient (Wildman–Crippen LogP) is 6.86. The molecule has 0 aliphatic rings. The van der Waals surface area contributed by atoms with Crippen molar-refractivity contribution >= 4 is 11.6 Å². The summed E-state index contributed by atoms with van der Waals surface area (Å²) in [5.41, 5.74) is 0.344. The highest BCUT2D eigenvalue weighted by Crippen LogP contribution is 2.35. The first-order valence-electron chi connectivity index (χ1n) is 11.0. The third kappa shape index (κ3) is 9.25. The number of benzene rings is 1. The van der Waals surface area contributed by atoms with Gasteiger partial charge in [0, 0.05) is 5.41 Å². The van der Waals surface area contributed by atoms with Crippen LogP contribution in [0.4, 0.5) is 0 Å². The Kier molecular flexibility index (Phi) is 12.6. The molecular formula is C26H46O3. The van der Waals surface area contributed by atoms with E-state index in [1.54, 1.807) is 13.8 Å². The molecule has 1 rings (SSSR count). The first-order valence-corrected chi connectivity index (χ1v) is 11.0. The van der Waals surface area contributed by atoms with E-state index in [2.05, 4.69) is 31.2 Å². The standard InChI is InChI=1S/C22H34O3.2C2H6/c1-15(13-20(4,5)16(2)23)18-9-11-19(12-10-18)21(6,7)14-22(8,25)17(3)24;2*1-2/h9-12,15,25H,13-14H2,1-8H3;2*1-2H3. The highest BCUT2D eigenvalue weighted by molar-refractivity contribution is 5.84. The van der Waals surface area contributed by atoms with Crippen LogP contribution in [0.25, 0.3) is 0 Å². The molecule has 3 heteroatoms. The van der Waals surface area contributed by atoms with Gasteiger partial charge in [0.25, 0.3) is 0 Å². The zero-order valence-corrected chi connectivity index (χ0v) is 21.1. The summed E-state index contributed by atoms with van der Waals surface area (Å²) < 4.78 is 0. The Morgan fingerprint density at radius 1 is 0.862 bits per heavy atom. The number of aliphatic hydroxyl groups is 1. The second kappa shape index (κ2) is 12.3. The van der Waals surface area contributed by atoms with Gasteiger partial charge in [-0.3, -0.25) is 9.59 Å². The van der Waals surface area contributed by atoms with E-state index in [-0.39, 0.29) is 28.3 Å². The van der Waals surface area contributed by atoms with Crippen molar-refractivity contribution in [3.8, 4) is 0 Å². The van der Waals surface area contributed by atoms with Crippen molar-refractivity contribution in [2.45, 2.75) is 113 Å². The molecule has 0 amide bonds. The number of hydrogen-bond donors (Lipinski definition) is 1. The zero-order valence-electron chi connectivity index (χ0n) is 21.1. The first kappa shape index (κ1) is 29.7. The van der Waals surface area contributed by atoms with Gasteiger partial charge in [0.05, 0.1) is 0 Å². The Hall–Kier alpha value is -1.48. The van der Waals surface area contributed by atoms with Crippen molar-refractivity contribution in [2.75, 3.05) is 0 Å². The summed E-state index contributed by atoms with van der Waals surface area (Å²) in [6.07, 6.45) is 1.19. The van der Waals surface area contributed by atoms with Gasteiger partial charge < -0.3 is 5.11 Å². The molecule has 168 valence electrons. The number of Topliss-reactive ketones (excluding diaryl/α,β-unsaturated/α-hetero) is 2. The van der Waals surface area contributed by atoms with Gasteiger partial charge in [-0.25, -0.2) is 0 Å². The Morgan fingerprint density at radius 3 is 1.62 bits per heavy atom. The number of carbonyl (C=O) groups excluding carboxylic acids is 2. The third-order valence-corrected chi connectivity index (χ3v) is 5.58. The van der Waals surface area contributed by atoms with E-state index >= 15 is 0 Å². The summed E-state index contributed by atoms with van der Waals surface area (Å²) in [7, 11) is 0. The molecule has 0 aliphatic carbocycles. The minimum atomic E-state index is -1.32. The second-order valence-electron chi connectivity index (χ2n) is 9.06.